The first-order valence-electron chi connectivity index (χ1n) is 9.42. The minimum atomic E-state index is -0.969. The molecule has 0 saturated heterocycles. The molecule has 1 aliphatic rings. The van der Waals surface area contributed by atoms with E-state index in [1.54, 1.807) is 24.1 Å². The highest BCUT2D eigenvalue weighted by Gasteiger charge is 2.44. The lowest BCUT2D eigenvalue weighted by Gasteiger charge is -2.43. The van der Waals surface area contributed by atoms with Gasteiger partial charge in [0.2, 0.25) is 5.91 Å². The van der Waals surface area contributed by atoms with Gasteiger partial charge in [0.05, 0.1) is 11.0 Å². The third-order valence-electron chi connectivity index (χ3n) is 5.96. The van der Waals surface area contributed by atoms with Crippen LogP contribution in [0.1, 0.15) is 54.6 Å². The van der Waals surface area contributed by atoms with Gasteiger partial charge in [0, 0.05) is 18.7 Å². The van der Waals surface area contributed by atoms with Gasteiger partial charge in [-0.1, -0.05) is 45.0 Å². The van der Waals surface area contributed by atoms with Gasteiger partial charge in [0.15, 0.2) is 0 Å². The number of aromatic carboxylic acids is 1. The predicted molar refractivity (Wildman–Crippen MR) is 107 cm³/mol. The molecule has 4 heteroatoms. The van der Waals surface area contributed by atoms with Gasteiger partial charge < -0.3 is 10.0 Å². The summed E-state index contributed by atoms with van der Waals surface area (Å²) in [5.41, 5.74) is 2.97. The second-order valence-electron chi connectivity index (χ2n) is 8.13. The Morgan fingerprint density at radius 1 is 1.07 bits per heavy atom. The molecule has 0 radical (unpaired) electrons. The number of hydrogen-bond donors (Lipinski definition) is 1. The quantitative estimate of drug-likeness (QED) is 0.851. The number of aryl methyl sites for hydroxylation is 1. The van der Waals surface area contributed by atoms with E-state index in [0.717, 1.165) is 12.8 Å². The molecule has 2 atom stereocenters. The highest BCUT2D eigenvalue weighted by atomic mass is 16.4. The van der Waals surface area contributed by atoms with Gasteiger partial charge in [-0.15, -0.1) is 0 Å². The van der Waals surface area contributed by atoms with E-state index in [9.17, 15) is 9.59 Å². The molecule has 0 heterocycles. The van der Waals surface area contributed by atoms with Crippen LogP contribution in [0.25, 0.3) is 0 Å². The topological polar surface area (TPSA) is 57.6 Å². The van der Waals surface area contributed by atoms with Crippen molar-refractivity contribution in [1.29, 1.82) is 0 Å². The molecule has 1 aliphatic carbocycles. The van der Waals surface area contributed by atoms with Crippen molar-refractivity contribution < 1.29 is 14.7 Å². The van der Waals surface area contributed by atoms with Crippen molar-refractivity contribution in [2.24, 2.45) is 11.3 Å². The van der Waals surface area contributed by atoms with Crippen LogP contribution in [0.3, 0.4) is 0 Å². The van der Waals surface area contributed by atoms with Gasteiger partial charge in [-0.2, -0.15) is 0 Å². The van der Waals surface area contributed by atoms with Crippen molar-refractivity contribution in [2.45, 2.75) is 39.5 Å². The number of nitrogens with zero attached hydrogens (tertiary/aromatic N) is 1. The summed E-state index contributed by atoms with van der Waals surface area (Å²) in [6.07, 6.45) is 2.14. The fourth-order valence-electron chi connectivity index (χ4n) is 4.53. The van der Waals surface area contributed by atoms with Crippen LogP contribution in [0.15, 0.2) is 48.5 Å². The maximum absolute atomic E-state index is 13.4. The molecule has 3 rings (SSSR count). The normalized spacial score (nSPS) is 19.3. The highest BCUT2D eigenvalue weighted by Crippen LogP contribution is 2.48. The van der Waals surface area contributed by atoms with Crippen molar-refractivity contribution in [3.63, 3.8) is 0 Å². The summed E-state index contributed by atoms with van der Waals surface area (Å²) >= 11 is 0. The number of benzene rings is 2. The monoisotopic (exact) mass is 365 g/mol. The standard InChI is InChI=1S/C23H27NO3/c1-15-9-10-16-7-5-6-8-19(16)20(15)23(2,3)22(27)24(4)18-13-11-17(12-14-18)21(25)26/h5-8,11-15,20H,9-10H2,1-4H3,(H,25,26). The van der Waals surface area contributed by atoms with Gasteiger partial charge in [-0.3, -0.25) is 4.79 Å². The average Bonchev–Trinajstić information content (AvgIpc) is 2.66. The van der Waals surface area contributed by atoms with E-state index in [4.69, 9.17) is 5.11 Å². The molecule has 2 aromatic carbocycles. The fourth-order valence-corrected chi connectivity index (χ4v) is 4.53. The van der Waals surface area contributed by atoms with Crippen LogP contribution in [0, 0.1) is 11.3 Å². The highest BCUT2D eigenvalue weighted by molar-refractivity contribution is 5.98. The van der Waals surface area contributed by atoms with Crippen LogP contribution in [0.4, 0.5) is 5.69 Å². The van der Waals surface area contributed by atoms with E-state index in [-0.39, 0.29) is 17.4 Å². The zero-order valence-electron chi connectivity index (χ0n) is 16.4. The molecular weight excluding hydrogens is 338 g/mol. The first kappa shape index (κ1) is 19.2. The second-order valence-corrected chi connectivity index (χ2v) is 8.13. The lowest BCUT2D eigenvalue weighted by atomic mass is 9.63. The Labute approximate surface area is 160 Å². The molecule has 1 amide bonds. The summed E-state index contributed by atoms with van der Waals surface area (Å²) in [6.45, 7) is 6.29. The Bertz CT molecular complexity index is 854. The SMILES string of the molecule is CC1CCc2ccccc2C1C(C)(C)C(=O)N(C)c1ccc(C(=O)O)cc1. The summed E-state index contributed by atoms with van der Waals surface area (Å²) in [5.74, 6) is -0.361. The van der Waals surface area contributed by atoms with E-state index < -0.39 is 11.4 Å². The van der Waals surface area contributed by atoms with Crippen molar-refractivity contribution in [1.82, 2.24) is 0 Å². The minimum Gasteiger partial charge on any atom is -0.478 e. The minimum absolute atomic E-state index is 0.0409. The zero-order chi connectivity index (χ0) is 19.8. The van der Waals surface area contributed by atoms with E-state index in [0.29, 0.717) is 11.6 Å². The molecule has 4 nitrogen and oxygen atoms in total. The predicted octanol–water partition coefficient (Wildman–Crippen LogP) is 4.74. The summed E-state index contributed by atoms with van der Waals surface area (Å²) in [4.78, 5) is 26.2. The van der Waals surface area contributed by atoms with Crippen LogP contribution in [0.2, 0.25) is 0 Å². The average molecular weight is 365 g/mol. The van der Waals surface area contributed by atoms with Crippen LogP contribution >= 0.6 is 0 Å². The number of carbonyl (C=O) groups excluding carboxylic acids is 1. The number of amides is 1. The first-order chi connectivity index (χ1) is 12.7. The molecule has 2 aromatic rings. The number of carboxylic acids is 1. The van der Waals surface area contributed by atoms with E-state index in [2.05, 4.69) is 31.2 Å². The smallest absolute Gasteiger partial charge is 0.335 e. The van der Waals surface area contributed by atoms with Gasteiger partial charge in [-0.25, -0.2) is 4.79 Å². The molecule has 27 heavy (non-hydrogen) atoms. The molecule has 1 N–H and O–H groups in total. The number of fused-ring (bicyclic) bond motifs is 1. The Balaban J connectivity index is 1.92. The lowest BCUT2D eigenvalue weighted by molar-refractivity contribution is -0.128. The van der Waals surface area contributed by atoms with Crippen LogP contribution in [0.5, 0.6) is 0 Å². The van der Waals surface area contributed by atoms with Crippen molar-refractivity contribution >= 4 is 17.6 Å². The van der Waals surface area contributed by atoms with Gasteiger partial charge in [0.25, 0.3) is 0 Å². The van der Waals surface area contributed by atoms with Crippen LogP contribution < -0.4 is 4.90 Å². The van der Waals surface area contributed by atoms with Crippen LogP contribution in [-0.2, 0) is 11.2 Å². The third kappa shape index (κ3) is 3.48. The number of carbonyl (C=O) groups is 2. The Morgan fingerprint density at radius 2 is 1.70 bits per heavy atom. The first-order valence-corrected chi connectivity index (χ1v) is 9.42. The molecule has 2 unspecified atom stereocenters. The molecule has 0 spiro atoms. The molecule has 0 aromatic heterocycles. The van der Waals surface area contributed by atoms with Crippen molar-refractivity contribution in [3.05, 3.63) is 65.2 Å². The second kappa shape index (κ2) is 7.18. The van der Waals surface area contributed by atoms with Crippen molar-refractivity contribution in [2.75, 3.05) is 11.9 Å². The third-order valence-corrected chi connectivity index (χ3v) is 5.96. The summed E-state index contributed by atoms with van der Waals surface area (Å²) in [6, 6.07) is 14.9. The molecule has 0 fully saturated rings. The number of carboxylic acid groups (broad SMARTS) is 1. The number of hydrogen-bond acceptors (Lipinski definition) is 2. The van der Waals surface area contributed by atoms with Gasteiger partial charge in [-0.05, 0) is 54.2 Å². The van der Waals surface area contributed by atoms with Gasteiger partial charge >= 0.3 is 5.97 Å². The van der Waals surface area contributed by atoms with E-state index in [1.165, 1.54) is 23.3 Å². The van der Waals surface area contributed by atoms with E-state index >= 15 is 0 Å². The Kier molecular flexibility index (Phi) is 5.09. The summed E-state index contributed by atoms with van der Waals surface area (Å²) in [5, 5.41) is 9.06. The molecule has 0 bridgehead atoms. The Morgan fingerprint density at radius 3 is 2.33 bits per heavy atom. The fraction of sp³-hybridized carbons (Fsp3) is 0.391. The largest absolute Gasteiger partial charge is 0.478 e. The van der Waals surface area contributed by atoms with Gasteiger partial charge in [0.1, 0.15) is 0 Å². The molecule has 0 saturated carbocycles. The lowest BCUT2D eigenvalue weighted by Crippen LogP contribution is -2.45. The summed E-state index contributed by atoms with van der Waals surface area (Å²) < 4.78 is 0. The molecular formula is C23H27NO3. The van der Waals surface area contributed by atoms with E-state index in [1.807, 2.05) is 13.8 Å². The summed E-state index contributed by atoms with van der Waals surface area (Å²) in [7, 11) is 1.76. The van der Waals surface area contributed by atoms with Crippen LogP contribution in [-0.4, -0.2) is 24.0 Å². The number of rotatable bonds is 4. The molecule has 0 aliphatic heterocycles. The number of anilines is 1. The molecule has 142 valence electrons. The Hall–Kier alpha value is -2.62. The zero-order valence-corrected chi connectivity index (χ0v) is 16.4. The maximum atomic E-state index is 13.4. The van der Waals surface area contributed by atoms with Crippen molar-refractivity contribution in [3.8, 4) is 0 Å². The maximum Gasteiger partial charge on any atom is 0.335 e.